The number of amides is 1. The molecule has 0 radical (unpaired) electrons. The van der Waals surface area contributed by atoms with Crippen LogP contribution in [-0.2, 0) is 29.6 Å². The van der Waals surface area contributed by atoms with Crippen LogP contribution >= 0.6 is 10.8 Å². The highest BCUT2D eigenvalue weighted by molar-refractivity contribution is 8.72. The van der Waals surface area contributed by atoms with Crippen LogP contribution in [-0.4, -0.2) is 53.1 Å². The lowest BCUT2D eigenvalue weighted by molar-refractivity contribution is -0.155. The monoisotopic (exact) mass is 658 g/mol. The first kappa shape index (κ1) is 32.8. The van der Waals surface area contributed by atoms with Gasteiger partial charge in [-0.15, -0.1) is 0 Å². The summed E-state index contributed by atoms with van der Waals surface area (Å²) in [6, 6.07) is 32.2. The topological polar surface area (TPSA) is 133 Å². The quantitative estimate of drug-likeness (QED) is 0.0858. The summed E-state index contributed by atoms with van der Waals surface area (Å²) in [5.74, 6) is -1.92. The molecule has 1 heterocycles. The second-order valence-electron chi connectivity index (χ2n) is 10.9. The molecule has 46 heavy (non-hydrogen) atoms. The summed E-state index contributed by atoms with van der Waals surface area (Å²) < 4.78 is 33.1. The summed E-state index contributed by atoms with van der Waals surface area (Å²) in [7, 11) is -3.60. The SMILES string of the molecule is C/C(O)=C(/C(=O)OC(c1ccccc1)c1ccccc1)N1C(O)C(NC(=O)Cc2ccccc2)C1SS(=O)(=O)c1ccc(C)cc1. The van der Waals surface area contributed by atoms with E-state index in [4.69, 9.17) is 4.74 Å². The average molecular weight is 659 g/mol. The maximum atomic E-state index is 13.9. The van der Waals surface area contributed by atoms with Crippen molar-refractivity contribution in [2.75, 3.05) is 0 Å². The van der Waals surface area contributed by atoms with E-state index in [2.05, 4.69) is 5.32 Å². The number of esters is 1. The van der Waals surface area contributed by atoms with Crippen molar-refractivity contribution in [3.8, 4) is 0 Å². The van der Waals surface area contributed by atoms with Crippen molar-refractivity contribution in [1.29, 1.82) is 0 Å². The molecule has 3 unspecified atom stereocenters. The normalized spacial score (nSPS) is 18.3. The highest BCUT2D eigenvalue weighted by Crippen LogP contribution is 2.43. The summed E-state index contributed by atoms with van der Waals surface area (Å²) in [5, 5.41) is 23.7. The molecule has 4 aromatic carbocycles. The van der Waals surface area contributed by atoms with Gasteiger partial charge in [-0.2, -0.15) is 0 Å². The van der Waals surface area contributed by atoms with Crippen LogP contribution in [0.25, 0.3) is 0 Å². The molecule has 1 aliphatic heterocycles. The van der Waals surface area contributed by atoms with Gasteiger partial charge in [-0.25, -0.2) is 13.2 Å². The fraction of sp³-hybridized carbons (Fsp3) is 0.200. The van der Waals surface area contributed by atoms with E-state index in [-0.39, 0.29) is 11.3 Å². The number of ether oxygens (including phenoxy) is 1. The molecule has 1 aliphatic rings. The predicted molar refractivity (Wildman–Crippen MR) is 176 cm³/mol. The Morgan fingerprint density at radius 2 is 1.39 bits per heavy atom. The Kier molecular flexibility index (Phi) is 10.2. The Balaban J connectivity index is 1.46. The second-order valence-corrected chi connectivity index (χ2v) is 14.8. The van der Waals surface area contributed by atoms with Crippen LogP contribution in [0.2, 0.25) is 0 Å². The van der Waals surface area contributed by atoms with E-state index in [1.807, 2.05) is 25.1 Å². The number of hydrogen-bond acceptors (Lipinski definition) is 9. The minimum absolute atomic E-state index is 0.00818. The Labute approximate surface area is 271 Å². The molecule has 0 bridgehead atoms. The van der Waals surface area contributed by atoms with E-state index >= 15 is 0 Å². The summed E-state index contributed by atoms with van der Waals surface area (Å²) in [6.45, 7) is 3.08. The molecule has 0 aromatic heterocycles. The minimum Gasteiger partial charge on any atom is -0.510 e. The van der Waals surface area contributed by atoms with E-state index in [1.54, 1.807) is 84.9 Å². The third-order valence-corrected chi connectivity index (χ3v) is 11.2. The molecular formula is C35H34N2O7S2. The Hall–Kier alpha value is -4.58. The molecule has 3 atom stereocenters. The first-order valence-electron chi connectivity index (χ1n) is 14.6. The van der Waals surface area contributed by atoms with Crippen LogP contribution in [0.3, 0.4) is 0 Å². The summed E-state index contributed by atoms with van der Waals surface area (Å²) in [6.07, 6.45) is -2.43. The average Bonchev–Trinajstić information content (AvgIpc) is 3.05. The van der Waals surface area contributed by atoms with Crippen molar-refractivity contribution >= 4 is 31.5 Å². The van der Waals surface area contributed by atoms with Gasteiger partial charge in [0.2, 0.25) is 14.8 Å². The maximum Gasteiger partial charge on any atom is 0.359 e. The number of aliphatic hydroxyl groups is 2. The zero-order valence-electron chi connectivity index (χ0n) is 25.2. The number of hydrogen-bond donors (Lipinski definition) is 3. The van der Waals surface area contributed by atoms with E-state index in [0.29, 0.717) is 21.9 Å². The van der Waals surface area contributed by atoms with Crippen molar-refractivity contribution in [3.63, 3.8) is 0 Å². The van der Waals surface area contributed by atoms with E-state index in [0.717, 1.165) is 16.0 Å². The molecule has 1 saturated heterocycles. The van der Waals surface area contributed by atoms with Gasteiger partial charge in [-0.05, 0) is 42.7 Å². The molecule has 3 N–H and O–H groups in total. The first-order chi connectivity index (χ1) is 22.0. The third-order valence-electron chi connectivity index (χ3n) is 7.48. The van der Waals surface area contributed by atoms with Crippen LogP contribution in [0.4, 0.5) is 0 Å². The lowest BCUT2D eigenvalue weighted by atomic mass is 10.0. The maximum absolute atomic E-state index is 13.9. The van der Waals surface area contributed by atoms with Gasteiger partial charge in [-0.3, -0.25) is 4.79 Å². The smallest absolute Gasteiger partial charge is 0.359 e. The fourth-order valence-electron chi connectivity index (χ4n) is 5.15. The Bertz CT molecular complexity index is 1760. The molecule has 0 aliphatic carbocycles. The number of benzene rings is 4. The number of rotatable bonds is 11. The fourth-order valence-corrected chi connectivity index (χ4v) is 8.72. The number of carbonyl (C=O) groups is 2. The van der Waals surface area contributed by atoms with Gasteiger partial charge in [-0.1, -0.05) is 109 Å². The van der Waals surface area contributed by atoms with Gasteiger partial charge >= 0.3 is 5.97 Å². The molecule has 4 aromatic rings. The van der Waals surface area contributed by atoms with Gasteiger partial charge in [0.05, 0.1) is 11.3 Å². The number of likely N-dealkylation sites (tertiary alicyclic amines) is 1. The lowest BCUT2D eigenvalue weighted by Gasteiger charge is -2.52. The Morgan fingerprint density at radius 3 is 1.91 bits per heavy atom. The van der Waals surface area contributed by atoms with Gasteiger partial charge in [0.15, 0.2) is 18.0 Å². The molecule has 5 rings (SSSR count). The highest BCUT2D eigenvalue weighted by Gasteiger charge is 2.54. The molecular weight excluding hydrogens is 625 g/mol. The summed E-state index contributed by atoms with van der Waals surface area (Å²) in [4.78, 5) is 28.0. The van der Waals surface area contributed by atoms with Crippen LogP contribution in [0.5, 0.6) is 0 Å². The molecule has 9 nitrogen and oxygen atoms in total. The molecule has 238 valence electrons. The highest BCUT2D eigenvalue weighted by atomic mass is 33.1. The number of aryl methyl sites for hydroxylation is 1. The van der Waals surface area contributed by atoms with Crippen LogP contribution in [0.15, 0.2) is 132 Å². The van der Waals surface area contributed by atoms with Crippen LogP contribution in [0.1, 0.15) is 35.3 Å². The van der Waals surface area contributed by atoms with Gasteiger partial charge in [0.1, 0.15) is 17.2 Å². The number of nitrogens with zero attached hydrogens (tertiary/aromatic N) is 1. The van der Waals surface area contributed by atoms with Crippen molar-refractivity contribution in [2.45, 2.75) is 48.9 Å². The lowest BCUT2D eigenvalue weighted by Crippen LogP contribution is -2.72. The third kappa shape index (κ3) is 7.44. The zero-order chi connectivity index (χ0) is 32.8. The summed E-state index contributed by atoms with van der Waals surface area (Å²) >= 11 is 0. The van der Waals surface area contributed by atoms with Gasteiger partial charge < -0.3 is 25.2 Å². The van der Waals surface area contributed by atoms with Crippen LogP contribution < -0.4 is 5.32 Å². The van der Waals surface area contributed by atoms with Crippen molar-refractivity contribution in [1.82, 2.24) is 10.2 Å². The standard InChI is InChI=1S/C35H34N2O7S2/c1-23-18-20-28(21-19-23)46(42,43)45-34-30(36-29(39)22-25-12-6-3-7-13-25)33(40)37(34)31(24(2)38)35(41)44-32(26-14-8-4-9-15-26)27-16-10-5-11-17-27/h3-21,30,32-34,38,40H,22H2,1-2H3,(H,36,39)/b31-24+. The van der Waals surface area contributed by atoms with Crippen molar-refractivity contribution < 1.29 is 33.0 Å². The van der Waals surface area contributed by atoms with Crippen molar-refractivity contribution in [2.24, 2.45) is 0 Å². The zero-order valence-corrected chi connectivity index (χ0v) is 26.8. The molecule has 1 fully saturated rings. The number of allylic oxidation sites excluding steroid dienone is 1. The minimum atomic E-state index is -4.06. The van der Waals surface area contributed by atoms with Crippen LogP contribution in [0, 0.1) is 6.92 Å². The summed E-state index contributed by atoms with van der Waals surface area (Å²) in [5.41, 5.74) is 2.51. The predicted octanol–water partition coefficient (Wildman–Crippen LogP) is 5.23. The molecule has 11 heteroatoms. The largest absolute Gasteiger partial charge is 0.510 e. The number of nitrogens with one attached hydrogen (secondary N) is 1. The number of carbonyl (C=O) groups excluding carboxylic acids is 2. The van der Waals surface area contributed by atoms with Gasteiger partial charge in [0, 0.05) is 10.8 Å². The van der Waals surface area contributed by atoms with Crippen molar-refractivity contribution in [3.05, 3.63) is 149 Å². The molecule has 0 spiro atoms. The van der Waals surface area contributed by atoms with E-state index < -0.39 is 55.9 Å². The molecule has 0 saturated carbocycles. The first-order valence-corrected chi connectivity index (χ1v) is 17.4. The van der Waals surface area contributed by atoms with E-state index in [9.17, 15) is 28.2 Å². The van der Waals surface area contributed by atoms with Gasteiger partial charge in [0.25, 0.3) is 0 Å². The molecule has 1 amide bonds. The van der Waals surface area contributed by atoms with E-state index in [1.165, 1.54) is 19.1 Å². The Morgan fingerprint density at radius 1 is 0.870 bits per heavy atom. The number of aliphatic hydroxyl groups excluding tert-OH is 2. The second kappa shape index (κ2) is 14.2.